The van der Waals surface area contributed by atoms with E-state index in [1.165, 1.54) is 7.11 Å². The molecule has 1 aromatic carbocycles. The zero-order chi connectivity index (χ0) is 15.1. The minimum Gasteiger partial charge on any atom is -0.468 e. The first-order valence-corrected chi connectivity index (χ1v) is 6.97. The Labute approximate surface area is 123 Å². The molecule has 0 bridgehead atoms. The van der Waals surface area contributed by atoms with Crippen LogP contribution in [0.3, 0.4) is 0 Å². The van der Waals surface area contributed by atoms with Crippen molar-refractivity contribution in [2.24, 2.45) is 0 Å². The second-order valence-electron chi connectivity index (χ2n) is 4.96. The van der Waals surface area contributed by atoms with Crippen LogP contribution < -0.4 is 10.6 Å². The Morgan fingerprint density at radius 1 is 1.33 bits per heavy atom. The third-order valence-electron chi connectivity index (χ3n) is 3.42. The Hall–Kier alpha value is -2.08. The first kappa shape index (κ1) is 15.3. The number of benzene rings is 1. The summed E-state index contributed by atoms with van der Waals surface area (Å²) in [6.07, 6.45) is 0.801. The van der Waals surface area contributed by atoms with Gasteiger partial charge in [-0.25, -0.2) is 4.79 Å². The highest BCUT2D eigenvalue weighted by Gasteiger charge is 2.28. The lowest BCUT2D eigenvalue weighted by Crippen LogP contribution is -2.51. The lowest BCUT2D eigenvalue weighted by Gasteiger charge is -2.28. The van der Waals surface area contributed by atoms with Crippen LogP contribution in [0, 0.1) is 0 Å². The second-order valence-corrected chi connectivity index (χ2v) is 4.96. The molecule has 0 aromatic heterocycles. The molecule has 0 radical (unpaired) electrons. The molecule has 21 heavy (non-hydrogen) atoms. The summed E-state index contributed by atoms with van der Waals surface area (Å²) >= 11 is 0. The zero-order valence-corrected chi connectivity index (χ0v) is 12.0. The van der Waals surface area contributed by atoms with Gasteiger partial charge in [0.2, 0.25) is 0 Å². The fraction of sp³-hybridized carbons (Fsp3) is 0.467. The summed E-state index contributed by atoms with van der Waals surface area (Å²) in [6.45, 7) is 0.890. The first-order valence-electron chi connectivity index (χ1n) is 6.97. The van der Waals surface area contributed by atoms with Crippen LogP contribution in [0.5, 0.6) is 0 Å². The normalized spacial score (nSPS) is 21.4. The van der Waals surface area contributed by atoms with Crippen molar-refractivity contribution in [2.75, 3.05) is 13.7 Å². The maximum atomic E-state index is 11.8. The number of amides is 1. The van der Waals surface area contributed by atoms with Gasteiger partial charge in [-0.3, -0.25) is 4.79 Å². The lowest BCUT2D eigenvalue weighted by molar-refractivity contribution is -0.143. The van der Waals surface area contributed by atoms with Crippen LogP contribution in [0.1, 0.15) is 18.4 Å². The molecule has 1 aliphatic heterocycles. The standard InChI is InChI=1S/C15H20N2O4/c1-20-14(18)13-9-12(7-8-16-13)17-15(19)21-10-11-5-3-2-4-6-11/h2-6,12-13,16H,7-10H2,1H3,(H,17,19)/t12-,13-/m1/s1. The van der Waals surface area contributed by atoms with Gasteiger partial charge in [0.25, 0.3) is 0 Å². The van der Waals surface area contributed by atoms with Gasteiger partial charge in [0, 0.05) is 6.04 Å². The van der Waals surface area contributed by atoms with Gasteiger partial charge < -0.3 is 20.1 Å². The molecule has 1 fully saturated rings. The molecule has 1 aliphatic rings. The number of hydrogen-bond acceptors (Lipinski definition) is 5. The van der Waals surface area contributed by atoms with E-state index < -0.39 is 6.09 Å². The summed E-state index contributed by atoms with van der Waals surface area (Å²) in [7, 11) is 1.36. The smallest absolute Gasteiger partial charge is 0.407 e. The number of alkyl carbamates (subject to hydrolysis) is 1. The maximum absolute atomic E-state index is 11.8. The number of carbonyl (C=O) groups excluding carboxylic acids is 2. The summed E-state index contributed by atoms with van der Waals surface area (Å²) in [6, 6.07) is 9.03. The van der Waals surface area contributed by atoms with Gasteiger partial charge in [0.15, 0.2) is 0 Å². The molecule has 0 aliphatic carbocycles. The molecule has 6 heteroatoms. The van der Waals surface area contributed by atoms with Gasteiger partial charge in [0.05, 0.1) is 7.11 Å². The highest BCUT2D eigenvalue weighted by molar-refractivity contribution is 5.76. The van der Waals surface area contributed by atoms with E-state index in [0.717, 1.165) is 12.0 Å². The number of nitrogens with one attached hydrogen (secondary N) is 2. The number of rotatable bonds is 4. The fourth-order valence-electron chi connectivity index (χ4n) is 2.30. The topological polar surface area (TPSA) is 76.7 Å². The Morgan fingerprint density at radius 2 is 2.10 bits per heavy atom. The van der Waals surface area contributed by atoms with Crippen molar-refractivity contribution in [2.45, 2.75) is 31.5 Å². The van der Waals surface area contributed by atoms with Gasteiger partial charge in [-0.1, -0.05) is 30.3 Å². The van der Waals surface area contributed by atoms with E-state index >= 15 is 0 Å². The third-order valence-corrected chi connectivity index (χ3v) is 3.42. The van der Waals surface area contributed by atoms with Crippen molar-refractivity contribution in [3.8, 4) is 0 Å². The van der Waals surface area contributed by atoms with E-state index in [1.54, 1.807) is 0 Å². The van der Waals surface area contributed by atoms with E-state index in [2.05, 4.69) is 10.6 Å². The molecule has 1 heterocycles. The van der Waals surface area contributed by atoms with E-state index in [0.29, 0.717) is 13.0 Å². The maximum Gasteiger partial charge on any atom is 0.407 e. The van der Waals surface area contributed by atoms with Crippen molar-refractivity contribution < 1.29 is 19.1 Å². The Kier molecular flexibility index (Phi) is 5.57. The lowest BCUT2D eigenvalue weighted by atomic mass is 10.00. The average Bonchev–Trinajstić information content (AvgIpc) is 2.53. The first-order chi connectivity index (χ1) is 10.2. The minimum absolute atomic E-state index is 0.0846. The summed E-state index contributed by atoms with van der Waals surface area (Å²) in [4.78, 5) is 23.2. The van der Waals surface area contributed by atoms with Crippen molar-refractivity contribution in [3.63, 3.8) is 0 Å². The molecule has 0 saturated carbocycles. The molecule has 2 atom stereocenters. The molecular formula is C15H20N2O4. The van der Waals surface area contributed by atoms with Crippen LogP contribution in [0.4, 0.5) is 4.79 Å². The molecule has 1 aromatic rings. The van der Waals surface area contributed by atoms with Crippen LogP contribution in [-0.2, 0) is 20.9 Å². The number of methoxy groups -OCH3 is 1. The molecule has 0 unspecified atom stereocenters. The zero-order valence-electron chi connectivity index (χ0n) is 12.0. The summed E-state index contributed by atoms with van der Waals surface area (Å²) in [5.41, 5.74) is 0.936. The molecule has 0 spiro atoms. The number of ether oxygens (including phenoxy) is 2. The van der Waals surface area contributed by atoms with Crippen LogP contribution in [0.25, 0.3) is 0 Å². The number of hydrogen-bond donors (Lipinski definition) is 2. The monoisotopic (exact) mass is 292 g/mol. The Balaban J connectivity index is 1.76. The summed E-state index contributed by atoms with van der Waals surface area (Å²) in [5.74, 6) is -0.306. The highest BCUT2D eigenvalue weighted by Crippen LogP contribution is 2.10. The Bertz CT molecular complexity index is 478. The number of piperidine rings is 1. The third kappa shape index (κ3) is 4.75. The van der Waals surface area contributed by atoms with Gasteiger partial charge in [-0.15, -0.1) is 0 Å². The summed E-state index contributed by atoms with van der Waals surface area (Å²) in [5, 5.41) is 5.85. The van der Waals surface area contributed by atoms with Crippen LogP contribution >= 0.6 is 0 Å². The molecule has 2 rings (SSSR count). The predicted octanol–water partition coefficient (Wildman–Crippen LogP) is 1.21. The molecule has 1 amide bonds. The van der Waals surface area contributed by atoms with Crippen molar-refractivity contribution >= 4 is 12.1 Å². The predicted molar refractivity (Wildman–Crippen MR) is 76.6 cm³/mol. The van der Waals surface area contributed by atoms with Crippen molar-refractivity contribution in [1.82, 2.24) is 10.6 Å². The number of esters is 1. The van der Waals surface area contributed by atoms with E-state index in [-0.39, 0.29) is 24.7 Å². The molecular weight excluding hydrogens is 272 g/mol. The van der Waals surface area contributed by atoms with Gasteiger partial charge in [-0.05, 0) is 24.9 Å². The van der Waals surface area contributed by atoms with Crippen LogP contribution in [0.2, 0.25) is 0 Å². The molecule has 2 N–H and O–H groups in total. The molecule has 114 valence electrons. The van der Waals surface area contributed by atoms with Gasteiger partial charge in [0.1, 0.15) is 12.6 Å². The van der Waals surface area contributed by atoms with Crippen LogP contribution in [0.15, 0.2) is 30.3 Å². The van der Waals surface area contributed by atoms with E-state index in [9.17, 15) is 9.59 Å². The Morgan fingerprint density at radius 3 is 2.81 bits per heavy atom. The SMILES string of the molecule is COC(=O)[C@H]1C[C@H](NC(=O)OCc2ccccc2)CCN1. The van der Waals surface area contributed by atoms with Crippen LogP contribution in [-0.4, -0.2) is 37.8 Å². The summed E-state index contributed by atoms with van der Waals surface area (Å²) < 4.78 is 9.87. The van der Waals surface area contributed by atoms with E-state index in [4.69, 9.17) is 9.47 Å². The van der Waals surface area contributed by atoms with Crippen molar-refractivity contribution in [1.29, 1.82) is 0 Å². The number of carbonyl (C=O) groups is 2. The quantitative estimate of drug-likeness (QED) is 0.816. The average molecular weight is 292 g/mol. The molecule has 1 saturated heterocycles. The van der Waals surface area contributed by atoms with Crippen molar-refractivity contribution in [3.05, 3.63) is 35.9 Å². The largest absolute Gasteiger partial charge is 0.468 e. The fourth-order valence-corrected chi connectivity index (χ4v) is 2.30. The van der Waals surface area contributed by atoms with Gasteiger partial charge >= 0.3 is 12.1 Å². The molecule has 6 nitrogen and oxygen atoms in total. The van der Waals surface area contributed by atoms with Gasteiger partial charge in [-0.2, -0.15) is 0 Å². The minimum atomic E-state index is -0.464. The van der Waals surface area contributed by atoms with E-state index in [1.807, 2.05) is 30.3 Å². The second kappa shape index (κ2) is 7.64. The highest BCUT2D eigenvalue weighted by atomic mass is 16.5.